The number of ether oxygens (including phenoxy) is 1. The van der Waals surface area contributed by atoms with Gasteiger partial charge in [-0.15, -0.1) is 0 Å². The average molecular weight is 357 g/mol. The van der Waals surface area contributed by atoms with Crippen molar-refractivity contribution >= 4 is 31.6 Å². The Hall–Kier alpha value is -1.60. The van der Waals surface area contributed by atoms with Crippen LogP contribution < -0.4 is 9.46 Å². The van der Waals surface area contributed by atoms with Crippen LogP contribution in [0.15, 0.2) is 46.0 Å². The highest BCUT2D eigenvalue weighted by atomic mass is 79.9. The molecular weight excluding hydrogens is 344 g/mol. The van der Waals surface area contributed by atoms with Crippen molar-refractivity contribution in [2.45, 2.75) is 11.8 Å². The molecule has 20 heavy (non-hydrogen) atoms. The summed E-state index contributed by atoms with van der Waals surface area (Å²) < 4.78 is 32.9. The molecule has 0 atom stereocenters. The second-order valence-electron chi connectivity index (χ2n) is 4.15. The molecule has 1 N–H and O–H groups in total. The summed E-state index contributed by atoms with van der Waals surface area (Å²) in [4.78, 5) is 3.93. The molecule has 1 heterocycles. The van der Waals surface area contributed by atoms with Crippen LogP contribution in [-0.4, -0.2) is 20.5 Å². The van der Waals surface area contributed by atoms with Gasteiger partial charge in [0.15, 0.2) is 0 Å². The summed E-state index contributed by atoms with van der Waals surface area (Å²) >= 11 is 3.20. The number of nitrogens with one attached hydrogen (secondary N) is 1. The number of rotatable bonds is 4. The van der Waals surface area contributed by atoms with Crippen LogP contribution in [0.2, 0.25) is 0 Å². The lowest BCUT2D eigenvalue weighted by Crippen LogP contribution is -2.14. The van der Waals surface area contributed by atoms with E-state index in [1.54, 1.807) is 12.1 Å². The molecule has 0 saturated carbocycles. The third-order valence-electron chi connectivity index (χ3n) is 2.59. The fraction of sp³-hybridized carbons (Fsp3) is 0.154. The van der Waals surface area contributed by atoms with Crippen LogP contribution in [0, 0.1) is 6.92 Å². The molecule has 0 aliphatic rings. The molecule has 1 aromatic heterocycles. The lowest BCUT2D eigenvalue weighted by atomic mass is 10.2. The van der Waals surface area contributed by atoms with Crippen molar-refractivity contribution in [1.29, 1.82) is 0 Å². The Bertz CT molecular complexity index is 732. The molecule has 0 aliphatic heterocycles. The smallest absolute Gasteiger partial charge is 0.263 e. The Kier molecular flexibility index (Phi) is 4.29. The second kappa shape index (κ2) is 5.80. The van der Waals surface area contributed by atoms with Gasteiger partial charge in [-0.1, -0.05) is 6.07 Å². The number of aryl methyl sites for hydroxylation is 1. The van der Waals surface area contributed by atoms with Crippen molar-refractivity contribution in [3.05, 3.63) is 46.7 Å². The maximum absolute atomic E-state index is 12.3. The molecule has 0 spiro atoms. The van der Waals surface area contributed by atoms with Crippen molar-refractivity contribution < 1.29 is 13.2 Å². The summed E-state index contributed by atoms with van der Waals surface area (Å²) in [6.07, 6.45) is 2.81. The molecule has 106 valence electrons. The zero-order chi connectivity index (χ0) is 14.8. The molecule has 2 rings (SSSR count). The Morgan fingerprint density at radius 2 is 2.00 bits per heavy atom. The van der Waals surface area contributed by atoms with E-state index in [1.165, 1.54) is 25.6 Å². The van der Waals surface area contributed by atoms with Crippen LogP contribution in [0.3, 0.4) is 0 Å². The molecule has 0 fully saturated rings. The van der Waals surface area contributed by atoms with E-state index >= 15 is 0 Å². The van der Waals surface area contributed by atoms with Gasteiger partial charge in [-0.05, 0) is 46.6 Å². The van der Waals surface area contributed by atoms with Gasteiger partial charge < -0.3 is 4.74 Å². The summed E-state index contributed by atoms with van der Waals surface area (Å²) in [5.41, 5.74) is 1.32. The van der Waals surface area contributed by atoms with E-state index < -0.39 is 10.0 Å². The van der Waals surface area contributed by atoms with Crippen LogP contribution in [0.25, 0.3) is 0 Å². The summed E-state index contributed by atoms with van der Waals surface area (Å²) in [5, 5.41) is 0. The third-order valence-corrected chi connectivity index (χ3v) is 4.36. The van der Waals surface area contributed by atoms with Crippen LogP contribution in [-0.2, 0) is 10.0 Å². The lowest BCUT2D eigenvalue weighted by Gasteiger charge is -2.12. The Morgan fingerprint density at radius 1 is 1.25 bits per heavy atom. The van der Waals surface area contributed by atoms with E-state index in [-0.39, 0.29) is 4.90 Å². The number of pyridine rings is 1. The lowest BCUT2D eigenvalue weighted by molar-refractivity contribution is 0.417. The Labute approximate surface area is 126 Å². The minimum atomic E-state index is -3.71. The number of nitrogens with zero attached hydrogens (tertiary/aromatic N) is 1. The minimum Gasteiger partial charge on any atom is -0.495 e. The van der Waals surface area contributed by atoms with Crippen LogP contribution >= 0.6 is 15.9 Å². The zero-order valence-corrected chi connectivity index (χ0v) is 13.3. The first-order valence-electron chi connectivity index (χ1n) is 5.70. The van der Waals surface area contributed by atoms with E-state index in [9.17, 15) is 8.42 Å². The first-order valence-corrected chi connectivity index (χ1v) is 7.98. The van der Waals surface area contributed by atoms with E-state index in [2.05, 4.69) is 25.6 Å². The first-order chi connectivity index (χ1) is 9.42. The van der Waals surface area contributed by atoms with Gasteiger partial charge in [0.1, 0.15) is 10.6 Å². The zero-order valence-electron chi connectivity index (χ0n) is 10.9. The maximum Gasteiger partial charge on any atom is 0.263 e. The first kappa shape index (κ1) is 14.8. The topological polar surface area (TPSA) is 68.3 Å². The monoisotopic (exact) mass is 356 g/mol. The number of aromatic nitrogens is 1. The second-order valence-corrected chi connectivity index (χ2v) is 6.75. The quantitative estimate of drug-likeness (QED) is 0.914. The van der Waals surface area contributed by atoms with Crippen molar-refractivity contribution in [3.8, 4) is 5.75 Å². The molecule has 0 unspecified atom stereocenters. The number of sulfonamides is 1. The fourth-order valence-electron chi connectivity index (χ4n) is 1.64. The SMILES string of the molecule is COc1ccc(C)cc1NS(=O)(=O)c1cncc(Br)c1. The highest BCUT2D eigenvalue weighted by molar-refractivity contribution is 9.10. The van der Waals surface area contributed by atoms with Crippen LogP contribution in [0.5, 0.6) is 5.75 Å². The molecule has 0 radical (unpaired) electrons. The van der Waals surface area contributed by atoms with Crippen molar-refractivity contribution in [2.75, 3.05) is 11.8 Å². The van der Waals surface area contributed by atoms with E-state index in [0.29, 0.717) is 15.9 Å². The van der Waals surface area contributed by atoms with Crippen molar-refractivity contribution in [1.82, 2.24) is 4.98 Å². The van der Waals surface area contributed by atoms with Gasteiger partial charge in [0.2, 0.25) is 0 Å². The van der Waals surface area contributed by atoms with E-state index in [1.807, 2.05) is 13.0 Å². The van der Waals surface area contributed by atoms with Crippen molar-refractivity contribution in [2.24, 2.45) is 0 Å². The third kappa shape index (κ3) is 3.29. The average Bonchev–Trinajstić information content (AvgIpc) is 2.38. The van der Waals surface area contributed by atoms with Gasteiger partial charge >= 0.3 is 0 Å². The highest BCUT2D eigenvalue weighted by Crippen LogP contribution is 2.28. The molecule has 7 heteroatoms. The predicted octanol–water partition coefficient (Wildman–Crippen LogP) is 2.96. The predicted molar refractivity (Wildman–Crippen MR) is 80.5 cm³/mol. The number of hydrogen-bond acceptors (Lipinski definition) is 4. The Morgan fingerprint density at radius 3 is 2.65 bits per heavy atom. The molecule has 1 aromatic carbocycles. The molecule has 5 nitrogen and oxygen atoms in total. The number of hydrogen-bond donors (Lipinski definition) is 1. The molecule has 0 aliphatic carbocycles. The van der Waals surface area contributed by atoms with Gasteiger partial charge in [0.05, 0.1) is 12.8 Å². The number of benzene rings is 1. The number of methoxy groups -OCH3 is 1. The van der Waals surface area contributed by atoms with Crippen LogP contribution in [0.1, 0.15) is 5.56 Å². The van der Waals surface area contributed by atoms with Gasteiger partial charge in [-0.2, -0.15) is 0 Å². The molecule has 0 saturated heterocycles. The molecule has 2 aromatic rings. The molecule has 0 bridgehead atoms. The van der Waals surface area contributed by atoms with E-state index in [0.717, 1.165) is 5.56 Å². The van der Waals surface area contributed by atoms with Crippen LogP contribution in [0.4, 0.5) is 5.69 Å². The molecule has 0 amide bonds. The minimum absolute atomic E-state index is 0.0791. The van der Waals surface area contributed by atoms with Gasteiger partial charge in [0, 0.05) is 16.9 Å². The standard InChI is InChI=1S/C13H13BrN2O3S/c1-9-3-4-13(19-2)12(5-9)16-20(17,18)11-6-10(14)7-15-8-11/h3-8,16H,1-2H3. The normalized spacial score (nSPS) is 11.2. The summed E-state index contributed by atoms with van der Waals surface area (Å²) in [5.74, 6) is 0.460. The molecular formula is C13H13BrN2O3S. The largest absolute Gasteiger partial charge is 0.495 e. The maximum atomic E-state index is 12.3. The summed E-state index contributed by atoms with van der Waals surface area (Å²) in [7, 11) is -2.22. The summed E-state index contributed by atoms with van der Waals surface area (Å²) in [6.45, 7) is 1.87. The van der Waals surface area contributed by atoms with Gasteiger partial charge in [-0.3, -0.25) is 9.71 Å². The number of anilines is 1. The highest BCUT2D eigenvalue weighted by Gasteiger charge is 2.17. The fourth-order valence-corrected chi connectivity index (χ4v) is 3.21. The van der Waals surface area contributed by atoms with Gasteiger partial charge in [-0.25, -0.2) is 8.42 Å². The number of halogens is 1. The van der Waals surface area contributed by atoms with E-state index in [4.69, 9.17) is 4.74 Å². The van der Waals surface area contributed by atoms with Crippen molar-refractivity contribution in [3.63, 3.8) is 0 Å². The summed E-state index contributed by atoms with van der Waals surface area (Å²) in [6, 6.07) is 6.75. The van der Waals surface area contributed by atoms with Gasteiger partial charge in [0.25, 0.3) is 10.0 Å². The Balaban J connectivity index is 2.40.